The zero-order chi connectivity index (χ0) is 13.9. The van der Waals surface area contributed by atoms with Crippen molar-refractivity contribution < 1.29 is 19.0 Å². The van der Waals surface area contributed by atoms with Gasteiger partial charge in [-0.15, -0.1) is 0 Å². The molecule has 19 heavy (non-hydrogen) atoms. The van der Waals surface area contributed by atoms with Crippen molar-refractivity contribution >= 4 is 5.97 Å². The van der Waals surface area contributed by atoms with Gasteiger partial charge >= 0.3 is 5.97 Å². The number of alkyl halides is 1. The third-order valence-electron chi connectivity index (χ3n) is 2.78. The summed E-state index contributed by atoms with van der Waals surface area (Å²) in [5.41, 5.74) is -2.31. The number of carboxylic acids is 1. The van der Waals surface area contributed by atoms with Crippen LogP contribution in [0.15, 0.2) is 54.6 Å². The summed E-state index contributed by atoms with van der Waals surface area (Å²) < 4.78 is 19.4. The fourth-order valence-corrected chi connectivity index (χ4v) is 1.58. The molecule has 2 aromatic rings. The van der Waals surface area contributed by atoms with E-state index < -0.39 is 11.6 Å². The largest absolute Gasteiger partial charge is 0.479 e. The molecule has 1 atom stereocenters. The van der Waals surface area contributed by atoms with E-state index in [1.807, 2.05) is 18.2 Å². The third kappa shape index (κ3) is 2.91. The van der Waals surface area contributed by atoms with E-state index in [1.165, 1.54) is 12.1 Å². The molecule has 0 saturated heterocycles. The first-order valence-electron chi connectivity index (χ1n) is 5.76. The van der Waals surface area contributed by atoms with Crippen molar-refractivity contribution in [3.05, 3.63) is 60.2 Å². The van der Waals surface area contributed by atoms with Crippen molar-refractivity contribution in [2.75, 3.05) is 0 Å². The maximum atomic E-state index is 13.9. The van der Waals surface area contributed by atoms with Gasteiger partial charge in [-0.05, 0) is 31.2 Å². The van der Waals surface area contributed by atoms with Crippen LogP contribution in [0.25, 0.3) is 0 Å². The molecule has 0 fully saturated rings. The minimum Gasteiger partial charge on any atom is -0.479 e. The predicted molar refractivity (Wildman–Crippen MR) is 69.1 cm³/mol. The molecule has 98 valence electrons. The van der Waals surface area contributed by atoms with Gasteiger partial charge in [0.05, 0.1) is 0 Å². The number of benzene rings is 2. The molecule has 0 heterocycles. The second kappa shape index (κ2) is 5.10. The van der Waals surface area contributed by atoms with E-state index in [1.54, 1.807) is 24.3 Å². The Bertz CT molecular complexity index is 562. The van der Waals surface area contributed by atoms with Crippen LogP contribution in [-0.4, -0.2) is 11.1 Å². The molecule has 0 aromatic heterocycles. The predicted octanol–water partition coefficient (Wildman–Crippen LogP) is 3.75. The minimum atomic E-state index is -2.40. The van der Waals surface area contributed by atoms with Gasteiger partial charge in [0.1, 0.15) is 11.5 Å². The normalized spacial score (nSPS) is 13.6. The van der Waals surface area contributed by atoms with Gasteiger partial charge in [0.25, 0.3) is 0 Å². The molecule has 1 unspecified atom stereocenters. The molecule has 0 aliphatic carbocycles. The lowest BCUT2D eigenvalue weighted by Crippen LogP contribution is -2.26. The highest BCUT2D eigenvalue weighted by molar-refractivity contribution is 5.78. The van der Waals surface area contributed by atoms with Crippen LogP contribution in [-0.2, 0) is 10.5 Å². The molecule has 0 aliphatic rings. The van der Waals surface area contributed by atoms with Gasteiger partial charge in [0, 0.05) is 5.56 Å². The quantitative estimate of drug-likeness (QED) is 0.910. The van der Waals surface area contributed by atoms with Gasteiger partial charge in [0.2, 0.25) is 5.67 Å². The molecule has 2 aromatic carbocycles. The van der Waals surface area contributed by atoms with Crippen molar-refractivity contribution in [3.8, 4) is 11.5 Å². The Kier molecular flexibility index (Phi) is 3.51. The highest BCUT2D eigenvalue weighted by atomic mass is 19.1. The van der Waals surface area contributed by atoms with Crippen molar-refractivity contribution in [3.63, 3.8) is 0 Å². The first-order valence-corrected chi connectivity index (χ1v) is 5.76. The fraction of sp³-hybridized carbons (Fsp3) is 0.133. The van der Waals surface area contributed by atoms with Gasteiger partial charge < -0.3 is 9.84 Å². The van der Waals surface area contributed by atoms with Crippen LogP contribution in [0, 0.1) is 0 Å². The molecule has 1 N–H and O–H groups in total. The Labute approximate surface area is 110 Å². The summed E-state index contributed by atoms with van der Waals surface area (Å²) in [7, 11) is 0. The molecule has 0 amide bonds. The molecule has 0 bridgehead atoms. The lowest BCUT2D eigenvalue weighted by Gasteiger charge is -2.15. The van der Waals surface area contributed by atoms with Gasteiger partial charge in [-0.1, -0.05) is 30.3 Å². The number of para-hydroxylation sites is 1. The van der Waals surface area contributed by atoms with E-state index in [2.05, 4.69) is 0 Å². The maximum absolute atomic E-state index is 13.9. The lowest BCUT2D eigenvalue weighted by atomic mass is 9.98. The van der Waals surface area contributed by atoms with Crippen molar-refractivity contribution in [1.29, 1.82) is 0 Å². The highest BCUT2D eigenvalue weighted by Crippen LogP contribution is 2.28. The Hall–Kier alpha value is -2.36. The average molecular weight is 260 g/mol. The highest BCUT2D eigenvalue weighted by Gasteiger charge is 2.34. The minimum absolute atomic E-state index is 0.0837. The van der Waals surface area contributed by atoms with Crippen LogP contribution in [0.3, 0.4) is 0 Å². The number of hydrogen-bond acceptors (Lipinski definition) is 2. The van der Waals surface area contributed by atoms with E-state index in [0.717, 1.165) is 6.92 Å². The van der Waals surface area contributed by atoms with E-state index in [-0.39, 0.29) is 5.56 Å². The number of rotatable bonds is 4. The molecular weight excluding hydrogens is 247 g/mol. The van der Waals surface area contributed by atoms with Crippen LogP contribution in [0.2, 0.25) is 0 Å². The molecular formula is C15H13FO3. The Morgan fingerprint density at radius 1 is 1.05 bits per heavy atom. The smallest absolute Gasteiger partial charge is 0.345 e. The summed E-state index contributed by atoms with van der Waals surface area (Å²) in [5, 5.41) is 8.79. The van der Waals surface area contributed by atoms with Crippen LogP contribution in [0.4, 0.5) is 4.39 Å². The summed E-state index contributed by atoms with van der Waals surface area (Å²) in [4.78, 5) is 10.8. The van der Waals surface area contributed by atoms with Gasteiger partial charge in [-0.25, -0.2) is 9.18 Å². The van der Waals surface area contributed by atoms with E-state index in [9.17, 15) is 9.18 Å². The molecule has 0 saturated carbocycles. The van der Waals surface area contributed by atoms with E-state index in [0.29, 0.717) is 11.5 Å². The first kappa shape index (κ1) is 13.1. The van der Waals surface area contributed by atoms with Gasteiger partial charge in [0.15, 0.2) is 0 Å². The fourth-order valence-electron chi connectivity index (χ4n) is 1.58. The number of aliphatic carboxylic acids is 1. The zero-order valence-corrected chi connectivity index (χ0v) is 10.3. The Morgan fingerprint density at radius 2 is 1.58 bits per heavy atom. The van der Waals surface area contributed by atoms with Crippen LogP contribution in [0.1, 0.15) is 12.5 Å². The summed E-state index contributed by atoms with van der Waals surface area (Å²) >= 11 is 0. The second-order valence-electron chi connectivity index (χ2n) is 4.25. The van der Waals surface area contributed by atoms with Gasteiger partial charge in [-0.3, -0.25) is 0 Å². The molecule has 0 aliphatic heterocycles. The third-order valence-corrected chi connectivity index (χ3v) is 2.78. The van der Waals surface area contributed by atoms with E-state index >= 15 is 0 Å². The monoisotopic (exact) mass is 260 g/mol. The SMILES string of the molecule is CC(F)(C(=O)O)c1ccc(Oc2ccccc2)cc1. The van der Waals surface area contributed by atoms with Crippen LogP contribution >= 0.6 is 0 Å². The number of carbonyl (C=O) groups is 1. The topological polar surface area (TPSA) is 46.5 Å². The standard InChI is InChI=1S/C15H13FO3/c1-15(16,14(17)18)11-7-9-13(10-8-11)19-12-5-3-2-4-6-12/h2-10H,1H3,(H,17,18). The number of halogens is 1. The van der Waals surface area contributed by atoms with Crippen molar-refractivity contribution in [2.24, 2.45) is 0 Å². The second-order valence-corrected chi connectivity index (χ2v) is 4.25. The molecule has 3 nitrogen and oxygen atoms in total. The first-order chi connectivity index (χ1) is 9.00. The summed E-state index contributed by atoms with van der Waals surface area (Å²) in [6.45, 7) is 1.02. The average Bonchev–Trinajstić information content (AvgIpc) is 2.40. The number of hydrogen-bond donors (Lipinski definition) is 1. The number of ether oxygens (including phenoxy) is 1. The molecule has 0 radical (unpaired) electrons. The van der Waals surface area contributed by atoms with Gasteiger partial charge in [-0.2, -0.15) is 0 Å². The van der Waals surface area contributed by atoms with Crippen molar-refractivity contribution in [2.45, 2.75) is 12.6 Å². The Morgan fingerprint density at radius 3 is 2.11 bits per heavy atom. The molecule has 4 heteroatoms. The lowest BCUT2D eigenvalue weighted by molar-refractivity contribution is -0.150. The Balaban J connectivity index is 2.18. The van der Waals surface area contributed by atoms with Crippen LogP contribution in [0.5, 0.6) is 11.5 Å². The summed E-state index contributed by atoms with van der Waals surface area (Å²) in [6.07, 6.45) is 0. The van der Waals surface area contributed by atoms with Crippen molar-refractivity contribution in [1.82, 2.24) is 0 Å². The van der Waals surface area contributed by atoms with Crippen LogP contribution < -0.4 is 4.74 Å². The van der Waals surface area contributed by atoms with E-state index in [4.69, 9.17) is 9.84 Å². The summed E-state index contributed by atoms with van der Waals surface area (Å²) in [6, 6.07) is 15.1. The summed E-state index contributed by atoms with van der Waals surface area (Å²) in [5.74, 6) is -0.322. The zero-order valence-electron chi connectivity index (χ0n) is 10.3. The number of carboxylic acid groups (broad SMARTS) is 1. The molecule has 2 rings (SSSR count). The maximum Gasteiger partial charge on any atom is 0.345 e. The molecule has 0 spiro atoms.